The Labute approximate surface area is 591 Å². The van der Waals surface area contributed by atoms with Crippen molar-refractivity contribution in [3.8, 4) is 66.8 Å². The smallest absolute Gasteiger partial charge is 0.133 e. The van der Waals surface area contributed by atoms with Crippen LogP contribution in [0.3, 0.4) is 0 Å². The summed E-state index contributed by atoms with van der Waals surface area (Å²) >= 11 is 0. The molecule has 0 aliphatic rings. The first-order valence-corrected chi connectivity index (χ1v) is 37.1. The molecule has 11 aromatic rings. The molecule has 0 fully saturated rings. The van der Waals surface area contributed by atoms with Gasteiger partial charge in [-0.3, -0.25) is 0 Å². The van der Waals surface area contributed by atoms with Gasteiger partial charge in [0, 0.05) is 50.8 Å². The molecular formula is C94H103F2N3. The number of aryl methyl sites for hydroxylation is 4. The van der Waals surface area contributed by atoms with E-state index in [0.29, 0.717) is 16.8 Å². The van der Waals surface area contributed by atoms with Crippen LogP contribution in [0, 0.1) is 11.6 Å². The molecule has 508 valence electrons. The highest BCUT2D eigenvalue weighted by molar-refractivity contribution is 5.85. The molecule has 0 aromatic heterocycles. The number of hydrogen-bond donors (Lipinski definition) is 1. The quantitative estimate of drug-likeness (QED) is 0.0440. The molecule has 0 saturated heterocycles. The first kappa shape index (κ1) is 71.1. The summed E-state index contributed by atoms with van der Waals surface area (Å²) in [5, 5.41) is 0. The number of nitrogens with two attached hydrogens (primary N) is 1. The second-order valence-corrected chi connectivity index (χ2v) is 28.1. The normalized spacial score (nSPS) is 12.2. The van der Waals surface area contributed by atoms with Crippen molar-refractivity contribution in [1.29, 1.82) is 0 Å². The topological polar surface area (TPSA) is 32.5 Å². The fourth-order valence-electron chi connectivity index (χ4n) is 14.2. The van der Waals surface area contributed by atoms with Gasteiger partial charge in [0.2, 0.25) is 0 Å². The van der Waals surface area contributed by atoms with Crippen molar-refractivity contribution in [2.75, 3.05) is 9.80 Å². The molecule has 0 aliphatic heterocycles. The van der Waals surface area contributed by atoms with E-state index in [2.05, 4.69) is 291 Å². The van der Waals surface area contributed by atoms with E-state index in [4.69, 9.17) is 5.73 Å². The summed E-state index contributed by atoms with van der Waals surface area (Å²) in [6.45, 7) is 20.0. The van der Waals surface area contributed by atoms with Gasteiger partial charge in [-0.25, -0.2) is 8.78 Å². The summed E-state index contributed by atoms with van der Waals surface area (Å²) in [6, 6.07) is 85.9. The minimum Gasteiger partial charge on any atom is -0.322 e. The maximum Gasteiger partial charge on any atom is 0.133 e. The highest BCUT2D eigenvalue weighted by Gasteiger charge is 2.25. The Morgan fingerprint density at radius 2 is 0.576 bits per heavy atom. The number of anilines is 6. The second kappa shape index (κ2) is 33.1. The number of nitrogens with zero attached hydrogens (tertiary/aromatic N) is 2. The number of benzene rings is 11. The fourth-order valence-corrected chi connectivity index (χ4v) is 14.2. The average molecular weight is 1310 g/mol. The minimum atomic E-state index is -0.400. The van der Waals surface area contributed by atoms with E-state index in [9.17, 15) is 0 Å². The zero-order valence-corrected chi connectivity index (χ0v) is 60.3. The van der Waals surface area contributed by atoms with Gasteiger partial charge in [0.05, 0.1) is 0 Å². The van der Waals surface area contributed by atoms with Gasteiger partial charge in [-0.05, 0) is 244 Å². The molecule has 0 amide bonds. The Morgan fingerprint density at radius 3 is 0.859 bits per heavy atom. The van der Waals surface area contributed by atoms with Gasteiger partial charge in [-0.1, -0.05) is 264 Å². The third-order valence-electron chi connectivity index (χ3n) is 21.2. The lowest BCUT2D eigenvalue weighted by atomic mass is 9.77. The van der Waals surface area contributed by atoms with E-state index in [0.717, 1.165) is 210 Å². The van der Waals surface area contributed by atoms with Crippen molar-refractivity contribution >= 4 is 34.1 Å². The van der Waals surface area contributed by atoms with Crippen molar-refractivity contribution in [3.63, 3.8) is 0 Å². The third-order valence-corrected chi connectivity index (χ3v) is 21.2. The van der Waals surface area contributed by atoms with Gasteiger partial charge in [0.25, 0.3) is 0 Å². The molecule has 0 bridgehead atoms. The Hall–Kier alpha value is -9.16. The summed E-state index contributed by atoms with van der Waals surface area (Å²) in [4.78, 5) is 4.33. The first-order valence-electron chi connectivity index (χ1n) is 37.1. The maximum absolute atomic E-state index is 18.0. The van der Waals surface area contributed by atoms with Crippen molar-refractivity contribution < 1.29 is 8.78 Å². The molecule has 0 heterocycles. The lowest BCUT2D eigenvalue weighted by Crippen LogP contribution is -2.31. The first-order chi connectivity index (χ1) is 48.2. The molecule has 11 rings (SSSR count). The highest BCUT2D eigenvalue weighted by atomic mass is 19.1. The predicted molar refractivity (Wildman–Crippen MR) is 422 cm³/mol. The van der Waals surface area contributed by atoms with E-state index in [-0.39, 0.29) is 17.0 Å². The lowest BCUT2D eigenvalue weighted by Gasteiger charge is -2.28. The standard InChI is InChI=1S/C94H103F2N3/c1-10-17-19-21-25-77-64-90(88-62-60-86(66-92(88)96)99(82-53-41-74(42-54-82)70-33-29-68(24-13-4)30-34-70)84-57-45-76(46-58-84)72-37-49-80(50-38-72)94(9,97)16-7)78(26-22-20-18-11-2)63-89(77)87-61-59-85(65-91(87)95)98(81-51-39-73(40-52-81)69-31-27-67(23-12-3)28-32-69)83-55-43-75(44-56-83)71-35-47-79(48-36-71)93(8,14-5)15-6/h27-66H,10-26,97H2,1-9H3. The maximum atomic E-state index is 18.0. The van der Waals surface area contributed by atoms with Crippen LogP contribution < -0.4 is 15.5 Å². The summed E-state index contributed by atoms with van der Waals surface area (Å²) in [6.07, 6.45) is 17.2. The Bertz CT molecular complexity index is 4370. The van der Waals surface area contributed by atoms with Crippen molar-refractivity contribution in [3.05, 3.63) is 288 Å². The molecule has 1 unspecified atom stereocenters. The molecular weight excluding hydrogens is 1210 g/mol. The van der Waals surface area contributed by atoms with Crippen LogP contribution in [0.15, 0.2) is 243 Å². The van der Waals surface area contributed by atoms with Crippen LogP contribution in [0.25, 0.3) is 66.8 Å². The largest absolute Gasteiger partial charge is 0.322 e. The van der Waals surface area contributed by atoms with Crippen LogP contribution in [0.5, 0.6) is 0 Å². The van der Waals surface area contributed by atoms with Gasteiger partial charge in [-0.2, -0.15) is 0 Å². The Morgan fingerprint density at radius 1 is 0.283 bits per heavy atom. The van der Waals surface area contributed by atoms with Gasteiger partial charge in [0.1, 0.15) is 11.6 Å². The van der Waals surface area contributed by atoms with Crippen LogP contribution in [0.1, 0.15) is 179 Å². The monoisotopic (exact) mass is 1310 g/mol. The van der Waals surface area contributed by atoms with E-state index in [1.165, 1.54) is 16.7 Å². The SMILES string of the molecule is CCCCCCc1cc(-c2ccc(N(c3ccc(-c4ccc(CCC)cc4)cc3)c3ccc(-c4ccc(C(C)(CC)CC)cc4)cc3)cc2F)c(CCCCCC)cc1-c1ccc(N(c2ccc(-c3ccc(CCC)cc3)cc2)c2ccc(-c3ccc(C(C)(N)CC)cc3)cc2)cc1F. The molecule has 0 aliphatic carbocycles. The average Bonchev–Trinajstić information content (AvgIpc) is 0.770. The van der Waals surface area contributed by atoms with Gasteiger partial charge >= 0.3 is 0 Å². The van der Waals surface area contributed by atoms with E-state index < -0.39 is 5.54 Å². The molecule has 1 atom stereocenters. The van der Waals surface area contributed by atoms with Crippen molar-refractivity contribution in [2.24, 2.45) is 5.73 Å². The summed E-state index contributed by atoms with van der Waals surface area (Å²) < 4.78 is 35.9. The number of rotatable bonds is 31. The van der Waals surface area contributed by atoms with Gasteiger partial charge < -0.3 is 15.5 Å². The van der Waals surface area contributed by atoms with E-state index >= 15 is 8.78 Å². The van der Waals surface area contributed by atoms with Crippen LogP contribution >= 0.6 is 0 Å². The highest BCUT2D eigenvalue weighted by Crippen LogP contribution is 2.45. The van der Waals surface area contributed by atoms with Crippen molar-refractivity contribution in [1.82, 2.24) is 0 Å². The molecule has 5 heteroatoms. The number of halogens is 2. The zero-order chi connectivity index (χ0) is 69.5. The van der Waals surface area contributed by atoms with Crippen LogP contribution in [0.2, 0.25) is 0 Å². The van der Waals surface area contributed by atoms with Crippen LogP contribution in [-0.2, 0) is 36.6 Å². The summed E-state index contributed by atoms with van der Waals surface area (Å²) in [5.74, 6) is -0.600. The summed E-state index contributed by atoms with van der Waals surface area (Å²) in [7, 11) is 0. The Balaban J connectivity index is 0.974. The van der Waals surface area contributed by atoms with Crippen molar-refractivity contribution in [2.45, 2.75) is 182 Å². The Kier molecular flexibility index (Phi) is 23.8. The third kappa shape index (κ3) is 16.8. The molecule has 2 N–H and O–H groups in total. The predicted octanol–water partition coefficient (Wildman–Crippen LogP) is 27.7. The lowest BCUT2D eigenvalue weighted by molar-refractivity contribution is 0.439. The summed E-state index contributed by atoms with van der Waals surface area (Å²) in [5.41, 5.74) is 30.6. The van der Waals surface area contributed by atoms with Crippen LogP contribution in [-0.4, -0.2) is 0 Å². The number of hydrogen-bond acceptors (Lipinski definition) is 3. The fraction of sp³-hybridized carbons (Fsp3) is 0.298. The molecule has 3 nitrogen and oxygen atoms in total. The van der Waals surface area contributed by atoms with E-state index in [1.54, 1.807) is 12.1 Å². The zero-order valence-electron chi connectivity index (χ0n) is 60.3. The van der Waals surface area contributed by atoms with Gasteiger partial charge in [0.15, 0.2) is 0 Å². The molecule has 99 heavy (non-hydrogen) atoms. The molecule has 0 radical (unpaired) electrons. The molecule has 11 aromatic carbocycles. The molecule has 0 spiro atoms. The van der Waals surface area contributed by atoms with Crippen LogP contribution in [0.4, 0.5) is 42.9 Å². The number of unbranched alkanes of at least 4 members (excludes halogenated alkanes) is 6. The molecule has 0 saturated carbocycles. The second-order valence-electron chi connectivity index (χ2n) is 28.1. The van der Waals surface area contributed by atoms with Gasteiger partial charge in [-0.15, -0.1) is 0 Å². The van der Waals surface area contributed by atoms with E-state index in [1.807, 2.05) is 12.1 Å². The minimum absolute atomic E-state index is 0.140.